The molecule has 0 aliphatic heterocycles. The van der Waals surface area contributed by atoms with Crippen LogP contribution in [0.3, 0.4) is 0 Å². The molecule has 0 saturated carbocycles. The molecule has 5 nitrogen and oxygen atoms in total. The van der Waals surface area contributed by atoms with Gasteiger partial charge >= 0.3 is 0 Å². The van der Waals surface area contributed by atoms with E-state index in [1.165, 1.54) is 0 Å². The number of amides is 1. The van der Waals surface area contributed by atoms with Gasteiger partial charge in [-0.05, 0) is 42.0 Å². The maximum Gasteiger partial charge on any atom is 0.255 e. The fourth-order valence-corrected chi connectivity index (χ4v) is 2.62. The van der Waals surface area contributed by atoms with Crippen LogP contribution in [-0.4, -0.2) is 26.2 Å². The van der Waals surface area contributed by atoms with Gasteiger partial charge in [-0.3, -0.25) is 4.79 Å². The zero-order valence-corrected chi connectivity index (χ0v) is 15.8. The molecule has 28 heavy (non-hydrogen) atoms. The molecule has 0 heterocycles. The van der Waals surface area contributed by atoms with Crippen molar-refractivity contribution in [2.45, 2.75) is 6.61 Å². The van der Waals surface area contributed by atoms with Gasteiger partial charge in [-0.25, -0.2) is 0 Å². The molecule has 0 unspecified atom stereocenters. The van der Waals surface area contributed by atoms with Crippen LogP contribution in [0.2, 0.25) is 0 Å². The van der Waals surface area contributed by atoms with Crippen LogP contribution < -0.4 is 19.5 Å². The number of hydrogen-bond donors (Lipinski definition) is 1. The normalized spacial score (nSPS) is 10.2. The first-order valence-electron chi connectivity index (χ1n) is 9.07. The molecule has 1 N–H and O–H groups in total. The summed E-state index contributed by atoms with van der Waals surface area (Å²) in [5, 5.41) is 2.86. The van der Waals surface area contributed by atoms with E-state index in [2.05, 4.69) is 5.32 Å². The van der Waals surface area contributed by atoms with Gasteiger partial charge in [0.1, 0.15) is 30.5 Å². The Kier molecular flexibility index (Phi) is 6.90. The van der Waals surface area contributed by atoms with Crippen molar-refractivity contribution in [2.24, 2.45) is 0 Å². The smallest absolute Gasteiger partial charge is 0.255 e. The summed E-state index contributed by atoms with van der Waals surface area (Å²) < 4.78 is 16.6. The van der Waals surface area contributed by atoms with Gasteiger partial charge in [-0.2, -0.15) is 0 Å². The molecule has 0 spiro atoms. The van der Waals surface area contributed by atoms with E-state index in [9.17, 15) is 4.79 Å². The molecule has 0 aliphatic rings. The third kappa shape index (κ3) is 5.51. The minimum absolute atomic E-state index is 0.193. The number of para-hydroxylation sites is 1. The Morgan fingerprint density at radius 1 is 0.821 bits per heavy atom. The van der Waals surface area contributed by atoms with E-state index in [1.54, 1.807) is 19.2 Å². The summed E-state index contributed by atoms with van der Waals surface area (Å²) in [5.41, 5.74) is 1.55. The van der Waals surface area contributed by atoms with Crippen LogP contribution in [0.15, 0.2) is 78.9 Å². The zero-order valence-electron chi connectivity index (χ0n) is 15.8. The van der Waals surface area contributed by atoms with E-state index in [-0.39, 0.29) is 5.91 Å². The fraction of sp³-hybridized carbons (Fsp3) is 0.174. The lowest BCUT2D eigenvalue weighted by Gasteiger charge is -2.12. The molecule has 5 heteroatoms. The van der Waals surface area contributed by atoms with Crippen LogP contribution >= 0.6 is 0 Å². The maximum absolute atomic E-state index is 12.5. The van der Waals surface area contributed by atoms with Gasteiger partial charge in [0.15, 0.2) is 0 Å². The van der Waals surface area contributed by atoms with Crippen molar-refractivity contribution in [3.05, 3.63) is 90.0 Å². The average Bonchev–Trinajstić information content (AvgIpc) is 2.76. The zero-order chi connectivity index (χ0) is 19.6. The van der Waals surface area contributed by atoms with E-state index in [1.807, 2.05) is 66.7 Å². The Bertz CT molecular complexity index is 879. The third-order valence-corrected chi connectivity index (χ3v) is 4.08. The van der Waals surface area contributed by atoms with Gasteiger partial charge in [0.05, 0.1) is 19.2 Å². The van der Waals surface area contributed by atoms with E-state index < -0.39 is 0 Å². The number of hydrogen-bond acceptors (Lipinski definition) is 4. The van der Waals surface area contributed by atoms with Crippen LogP contribution in [0.25, 0.3) is 0 Å². The number of nitrogens with one attached hydrogen (secondary N) is 1. The van der Waals surface area contributed by atoms with Crippen LogP contribution in [-0.2, 0) is 6.61 Å². The first kappa shape index (κ1) is 19.3. The number of methoxy groups -OCH3 is 1. The summed E-state index contributed by atoms with van der Waals surface area (Å²) in [4.78, 5) is 12.5. The minimum atomic E-state index is -0.193. The molecular weight excluding hydrogens is 354 g/mol. The number of rotatable bonds is 9. The molecule has 0 bridgehead atoms. The number of carbonyl (C=O) groups excluding carboxylic acids is 1. The Labute approximate surface area is 164 Å². The van der Waals surface area contributed by atoms with Crippen molar-refractivity contribution in [1.29, 1.82) is 0 Å². The van der Waals surface area contributed by atoms with Crippen LogP contribution in [0.5, 0.6) is 17.2 Å². The lowest BCUT2D eigenvalue weighted by atomic mass is 10.2. The van der Waals surface area contributed by atoms with Crippen molar-refractivity contribution in [2.75, 3.05) is 20.3 Å². The average molecular weight is 377 g/mol. The van der Waals surface area contributed by atoms with Crippen molar-refractivity contribution in [1.82, 2.24) is 5.32 Å². The van der Waals surface area contributed by atoms with Gasteiger partial charge in [0, 0.05) is 0 Å². The summed E-state index contributed by atoms with van der Waals surface area (Å²) in [5.74, 6) is 1.86. The van der Waals surface area contributed by atoms with Gasteiger partial charge in [-0.1, -0.05) is 42.5 Å². The molecule has 0 aliphatic carbocycles. The third-order valence-electron chi connectivity index (χ3n) is 4.08. The van der Waals surface area contributed by atoms with Crippen LogP contribution in [0.4, 0.5) is 0 Å². The van der Waals surface area contributed by atoms with Gasteiger partial charge in [0.25, 0.3) is 5.91 Å². The maximum atomic E-state index is 12.5. The number of benzene rings is 3. The monoisotopic (exact) mass is 377 g/mol. The lowest BCUT2D eigenvalue weighted by molar-refractivity contribution is 0.0942. The topological polar surface area (TPSA) is 56.8 Å². The summed E-state index contributed by atoms with van der Waals surface area (Å²) in [7, 11) is 1.62. The SMILES string of the molecule is COc1ccc(OCCNC(=O)c2ccccc2OCc2ccccc2)cc1. The largest absolute Gasteiger partial charge is 0.497 e. The van der Waals surface area contributed by atoms with E-state index in [0.717, 1.165) is 17.1 Å². The second-order valence-electron chi connectivity index (χ2n) is 6.05. The fourth-order valence-electron chi connectivity index (χ4n) is 2.62. The van der Waals surface area contributed by atoms with E-state index in [4.69, 9.17) is 14.2 Å². The van der Waals surface area contributed by atoms with Crippen LogP contribution in [0.1, 0.15) is 15.9 Å². The molecule has 0 atom stereocenters. The molecular formula is C23H23NO4. The summed E-state index contributed by atoms with van der Waals surface area (Å²) >= 11 is 0. The summed E-state index contributed by atoms with van der Waals surface area (Å²) in [6, 6.07) is 24.4. The Morgan fingerprint density at radius 3 is 2.25 bits per heavy atom. The molecule has 0 saturated heterocycles. The van der Waals surface area contributed by atoms with Gasteiger partial charge in [-0.15, -0.1) is 0 Å². The van der Waals surface area contributed by atoms with Crippen molar-refractivity contribution in [3.8, 4) is 17.2 Å². The second-order valence-corrected chi connectivity index (χ2v) is 6.05. The predicted molar refractivity (Wildman–Crippen MR) is 108 cm³/mol. The molecule has 0 fully saturated rings. The molecule has 144 valence electrons. The highest BCUT2D eigenvalue weighted by molar-refractivity contribution is 5.96. The Balaban J connectivity index is 1.49. The molecule has 3 aromatic carbocycles. The lowest BCUT2D eigenvalue weighted by Crippen LogP contribution is -2.28. The minimum Gasteiger partial charge on any atom is -0.497 e. The summed E-state index contributed by atoms with van der Waals surface area (Å²) in [6.07, 6.45) is 0. The molecule has 0 aromatic heterocycles. The van der Waals surface area contributed by atoms with Crippen molar-refractivity contribution in [3.63, 3.8) is 0 Å². The predicted octanol–water partition coefficient (Wildman–Crippen LogP) is 4.08. The molecule has 1 amide bonds. The number of carbonyl (C=O) groups is 1. The molecule has 3 aromatic rings. The van der Waals surface area contributed by atoms with E-state index in [0.29, 0.717) is 31.1 Å². The van der Waals surface area contributed by atoms with E-state index >= 15 is 0 Å². The van der Waals surface area contributed by atoms with Gasteiger partial charge in [0.2, 0.25) is 0 Å². The second kappa shape index (κ2) is 10.0. The van der Waals surface area contributed by atoms with Crippen molar-refractivity contribution >= 4 is 5.91 Å². The summed E-state index contributed by atoms with van der Waals surface area (Å²) in [6.45, 7) is 1.16. The van der Waals surface area contributed by atoms with Crippen LogP contribution in [0, 0.1) is 0 Å². The standard InChI is InChI=1S/C23H23NO4/c1-26-19-11-13-20(14-12-19)27-16-15-24-23(25)21-9-5-6-10-22(21)28-17-18-7-3-2-4-8-18/h2-14H,15-17H2,1H3,(H,24,25). The van der Waals surface area contributed by atoms with Crippen molar-refractivity contribution < 1.29 is 19.0 Å². The Morgan fingerprint density at radius 2 is 1.50 bits per heavy atom. The first-order valence-corrected chi connectivity index (χ1v) is 9.07. The van der Waals surface area contributed by atoms with Gasteiger partial charge < -0.3 is 19.5 Å². The molecule has 3 rings (SSSR count). The highest BCUT2D eigenvalue weighted by atomic mass is 16.5. The highest BCUT2D eigenvalue weighted by Crippen LogP contribution is 2.19. The quantitative estimate of drug-likeness (QED) is 0.571. The molecule has 0 radical (unpaired) electrons. The Hall–Kier alpha value is -3.47. The first-order chi connectivity index (χ1) is 13.8. The number of ether oxygens (including phenoxy) is 3. The highest BCUT2D eigenvalue weighted by Gasteiger charge is 2.11.